The van der Waals surface area contributed by atoms with Crippen molar-refractivity contribution in [3.63, 3.8) is 0 Å². The molecule has 0 aliphatic rings. The minimum absolute atomic E-state index is 0. The average molecular weight is 1410 g/mol. The predicted octanol–water partition coefficient (Wildman–Crippen LogP) is 8.50. The predicted molar refractivity (Wildman–Crippen MR) is 322 cm³/mol. The summed E-state index contributed by atoms with van der Waals surface area (Å²) in [5, 5.41) is 56.3. The van der Waals surface area contributed by atoms with Gasteiger partial charge in [-0.15, -0.1) is 30.7 Å². The Balaban J connectivity index is 0.000000248. The summed E-state index contributed by atoms with van der Waals surface area (Å²) in [5.41, 5.74) is 0.645. The van der Waals surface area contributed by atoms with E-state index in [1.54, 1.807) is 0 Å². The molecule has 0 unspecified atom stereocenters. The van der Waals surface area contributed by atoms with Crippen LogP contribution in [-0.2, 0) is 60.7 Å². The zero-order chi connectivity index (χ0) is 66.8. The minimum atomic E-state index is -4.72. The summed E-state index contributed by atoms with van der Waals surface area (Å²) in [5.74, 6) is -0.884. The first-order chi connectivity index (χ1) is 41.7. The maximum atomic E-state index is 11.3. The second-order valence-corrected chi connectivity index (χ2v) is 26.8. The molecule has 38 heteroatoms. The van der Waals surface area contributed by atoms with Gasteiger partial charge in [-0.2, -0.15) is 0 Å². The van der Waals surface area contributed by atoms with Crippen molar-refractivity contribution in [3.8, 4) is 34.5 Å². The molecule has 0 atom stereocenters. The van der Waals surface area contributed by atoms with Gasteiger partial charge in [-0.05, 0) is 126 Å². The van der Waals surface area contributed by atoms with Crippen molar-refractivity contribution < 1.29 is 107 Å². The van der Waals surface area contributed by atoms with Crippen LogP contribution in [0.3, 0.4) is 0 Å². The molecule has 3 N–H and O–H groups in total. The zero-order valence-electron chi connectivity index (χ0n) is 47.8. The van der Waals surface area contributed by atoms with Gasteiger partial charge >= 0.3 is 34.7 Å². The van der Waals surface area contributed by atoms with E-state index in [-0.39, 0.29) is 120 Å². The topological polar surface area (TPSA) is 506 Å². The molecule has 0 bridgehead atoms. The zero-order valence-corrected chi connectivity index (χ0v) is 55.0. The van der Waals surface area contributed by atoms with E-state index >= 15 is 0 Å². The summed E-state index contributed by atoms with van der Waals surface area (Å²) in [6, 6.07) is 25.6. The summed E-state index contributed by atoms with van der Waals surface area (Å²) in [6.07, 6.45) is 0. The van der Waals surface area contributed by atoms with Gasteiger partial charge in [0.25, 0.3) is 0 Å². The summed E-state index contributed by atoms with van der Waals surface area (Å²) in [6.45, 7) is 4.22. The number of hydrogen-bond acceptors (Lipinski definition) is 30. The fourth-order valence-electron chi connectivity index (χ4n) is 8.43. The van der Waals surface area contributed by atoms with Crippen molar-refractivity contribution in [3.05, 3.63) is 144 Å². The van der Waals surface area contributed by atoms with Gasteiger partial charge in [-0.1, -0.05) is 36.4 Å². The second kappa shape index (κ2) is 28.8. The first kappa shape index (κ1) is 74.6. The number of hydrogen-bond donors (Lipinski definition) is 3. The van der Waals surface area contributed by atoms with Gasteiger partial charge in [0.15, 0.2) is 0 Å². The van der Waals surface area contributed by atoms with Gasteiger partial charge in [-0.3, -0.25) is 0 Å². The van der Waals surface area contributed by atoms with Crippen molar-refractivity contribution in [1.29, 1.82) is 0 Å². The van der Waals surface area contributed by atoms with Crippen LogP contribution in [0.2, 0.25) is 0 Å². The monoisotopic (exact) mass is 1400 g/mol. The van der Waals surface area contributed by atoms with Crippen molar-refractivity contribution in [2.24, 2.45) is 30.7 Å². The molecular weight excluding hydrogens is 1360 g/mol. The van der Waals surface area contributed by atoms with Crippen LogP contribution in [0.15, 0.2) is 187 Å². The van der Waals surface area contributed by atoms with Crippen molar-refractivity contribution in [1.82, 2.24) is 0 Å². The number of fused-ring (bicyclic) bond motifs is 3. The number of nitrogens with zero attached hydrogens (tertiary/aromatic N) is 6. The van der Waals surface area contributed by atoms with Crippen LogP contribution >= 0.6 is 0 Å². The van der Waals surface area contributed by atoms with E-state index in [1.165, 1.54) is 115 Å². The molecule has 0 aliphatic carbocycles. The maximum absolute atomic E-state index is 11.3. The molecule has 0 aromatic heterocycles. The van der Waals surface area contributed by atoms with E-state index in [9.17, 15) is 93.1 Å². The number of azo groups is 3. The van der Waals surface area contributed by atoms with Crippen LogP contribution in [0, 0.1) is 20.8 Å². The number of aromatic hydroxyl groups is 3. The first-order valence-electron chi connectivity index (χ1n) is 24.6. The van der Waals surface area contributed by atoms with Crippen LogP contribution in [0.5, 0.6) is 34.5 Å². The van der Waals surface area contributed by atoms with Crippen molar-refractivity contribution in [2.45, 2.75) is 50.1 Å². The van der Waals surface area contributed by atoms with Gasteiger partial charge in [0, 0.05) is 34.4 Å². The van der Waals surface area contributed by atoms with Gasteiger partial charge in [0.05, 0.1) is 50.7 Å². The molecule has 9 aromatic carbocycles. The number of rotatable bonds is 15. The van der Waals surface area contributed by atoms with Gasteiger partial charge < -0.3 is 56.8 Å². The minimum Gasteiger partial charge on any atom is -0.744 e. The smallest absolute Gasteiger partial charge is 0.744 e. The molecule has 0 saturated heterocycles. The molecule has 0 fully saturated rings. The molecule has 30 nitrogen and oxygen atoms in total. The normalized spacial score (nSPS) is 12.3. The van der Waals surface area contributed by atoms with Crippen molar-refractivity contribution >= 4 is 162 Å². The Morgan fingerprint density at radius 3 is 0.739 bits per heavy atom. The number of ether oxygens (including phenoxy) is 3. The number of phenolic OH excluding ortho intramolecular Hbond substituents is 3. The Bertz CT molecular complexity index is 4720. The number of aryl methyl sites for hydroxylation is 3. The Morgan fingerprint density at radius 1 is 0.315 bits per heavy atom. The van der Waals surface area contributed by atoms with Crippen LogP contribution in [0.1, 0.15) is 16.7 Å². The molecule has 0 aliphatic heterocycles. The molecular formula is C54H42Al2N6O24S6. The molecule has 0 saturated carbocycles. The fraction of sp³-hybridized carbons (Fsp3) is 0.111. The summed E-state index contributed by atoms with van der Waals surface area (Å²) in [7, 11) is -24.4. The van der Waals surface area contributed by atoms with Crippen LogP contribution in [0.25, 0.3) is 32.3 Å². The second-order valence-electron chi connectivity index (χ2n) is 18.6. The van der Waals surface area contributed by atoms with Crippen LogP contribution in [0.4, 0.5) is 34.1 Å². The fourth-order valence-corrected chi connectivity index (χ4v) is 12.1. The van der Waals surface area contributed by atoms with Crippen LogP contribution in [-0.4, -0.2) is 149 Å². The van der Waals surface area contributed by atoms with E-state index in [0.29, 0.717) is 32.3 Å². The van der Waals surface area contributed by atoms with Gasteiger partial charge in [0.2, 0.25) is 0 Å². The Kier molecular flexibility index (Phi) is 23.4. The Labute approximate surface area is 546 Å². The number of benzene rings is 9. The average Bonchev–Trinajstić information content (AvgIpc) is 0.818. The molecule has 0 heterocycles. The Hall–Kier alpha value is -8.12. The third-order valence-electron chi connectivity index (χ3n) is 12.7. The van der Waals surface area contributed by atoms with Crippen LogP contribution < -0.4 is 14.2 Å². The summed E-state index contributed by atoms with van der Waals surface area (Å²) >= 11 is 0. The van der Waals surface area contributed by atoms with E-state index in [4.69, 9.17) is 14.2 Å². The number of phenols is 3. The summed E-state index contributed by atoms with van der Waals surface area (Å²) in [4.78, 5) is -2.69. The van der Waals surface area contributed by atoms with E-state index in [1.807, 2.05) is 0 Å². The van der Waals surface area contributed by atoms with E-state index in [0.717, 1.165) is 54.6 Å². The first-order valence-corrected chi connectivity index (χ1v) is 33.0. The number of methoxy groups -OCH3 is 3. The third kappa shape index (κ3) is 17.5. The SMILES string of the molecule is COc1cc(S(=O)(=O)[O-])c(C)cc1N=Nc1c(O)ccc2cc(S(=O)(=O)[O-])ccc12.COc1cc(S(=O)(=O)[O-])c(C)cc1N=Nc1c(O)ccc2cc(S(=O)(=O)[O-])ccc12.COc1cc(S(=O)(=O)[O-])c(C)cc1N=Nc1c(O)ccc2cc(S(=O)(=O)[O-])ccc12.[Al+3].[Al+3]. The van der Waals surface area contributed by atoms with Crippen molar-refractivity contribution in [2.75, 3.05) is 21.3 Å². The summed E-state index contributed by atoms with van der Waals surface area (Å²) < 4.78 is 218. The molecule has 0 radical (unpaired) electrons. The molecule has 92 heavy (non-hydrogen) atoms. The standard InChI is InChI=1S/3C18H16N2O8S2.2Al/c3*1-10-7-14(16(28-2)9-17(10)30(25,26)27)19-20-18-13-5-4-12(29(22,23)24)8-11(13)3-6-15(18)21;;/h3*3-9,21H,1-2H3,(H,22,23,24)(H,25,26,27);;/q;;;2*+3/p-6. The molecule has 9 rings (SSSR count). The molecule has 0 amide bonds. The Morgan fingerprint density at radius 2 is 0.543 bits per heavy atom. The quantitative estimate of drug-likeness (QED) is 0.0491. The molecule has 9 aromatic rings. The van der Waals surface area contributed by atoms with E-state index < -0.39 is 90.1 Å². The molecule has 0 spiro atoms. The maximum Gasteiger partial charge on any atom is 3.00 e. The largest absolute Gasteiger partial charge is 3.00 e. The molecule has 474 valence electrons. The van der Waals surface area contributed by atoms with E-state index in [2.05, 4.69) is 30.7 Å². The van der Waals surface area contributed by atoms with Gasteiger partial charge in [-0.25, -0.2) is 50.5 Å². The van der Waals surface area contributed by atoms with Gasteiger partial charge in [0.1, 0.15) is 129 Å². The third-order valence-corrected chi connectivity index (χ3v) is 18.1.